The van der Waals surface area contributed by atoms with E-state index in [1.807, 2.05) is 19.1 Å². The SMILES string of the molecule is Cc1oc(CN(C)Cc2cccc(Br)c2)cc1CN. The molecule has 0 aliphatic heterocycles. The lowest BCUT2D eigenvalue weighted by Crippen LogP contribution is -2.16. The van der Waals surface area contributed by atoms with Crippen LogP contribution < -0.4 is 5.73 Å². The molecule has 2 aromatic rings. The number of nitrogens with zero attached hydrogens (tertiary/aromatic N) is 1. The number of hydrogen-bond acceptors (Lipinski definition) is 3. The molecule has 0 atom stereocenters. The van der Waals surface area contributed by atoms with E-state index in [9.17, 15) is 0 Å². The minimum Gasteiger partial charge on any atom is -0.465 e. The number of hydrogen-bond donors (Lipinski definition) is 1. The Morgan fingerprint density at radius 1 is 1.26 bits per heavy atom. The molecule has 1 heterocycles. The predicted octanol–water partition coefficient (Wildman–Crippen LogP) is 3.44. The maximum absolute atomic E-state index is 5.71. The van der Waals surface area contributed by atoms with Gasteiger partial charge in [-0.1, -0.05) is 28.1 Å². The van der Waals surface area contributed by atoms with Crippen LogP contribution in [0.3, 0.4) is 0 Å². The van der Waals surface area contributed by atoms with Crippen molar-refractivity contribution in [1.82, 2.24) is 4.90 Å². The molecule has 0 radical (unpaired) electrons. The van der Waals surface area contributed by atoms with Crippen molar-refractivity contribution in [2.45, 2.75) is 26.6 Å². The molecule has 102 valence electrons. The summed E-state index contributed by atoms with van der Waals surface area (Å²) in [5, 5.41) is 0. The summed E-state index contributed by atoms with van der Waals surface area (Å²) in [5.41, 5.74) is 8.02. The van der Waals surface area contributed by atoms with Gasteiger partial charge in [0.05, 0.1) is 6.54 Å². The molecule has 0 unspecified atom stereocenters. The molecule has 0 aliphatic carbocycles. The highest BCUT2D eigenvalue weighted by Crippen LogP contribution is 2.17. The zero-order valence-corrected chi connectivity index (χ0v) is 12.9. The molecule has 2 N–H and O–H groups in total. The van der Waals surface area contributed by atoms with Crippen LogP contribution in [-0.4, -0.2) is 11.9 Å². The minimum absolute atomic E-state index is 0.532. The van der Waals surface area contributed by atoms with E-state index in [-0.39, 0.29) is 0 Å². The fourth-order valence-corrected chi connectivity index (χ4v) is 2.58. The number of benzene rings is 1. The van der Waals surface area contributed by atoms with Crippen LogP contribution in [0.15, 0.2) is 39.2 Å². The Morgan fingerprint density at radius 3 is 2.68 bits per heavy atom. The van der Waals surface area contributed by atoms with Crippen molar-refractivity contribution < 1.29 is 4.42 Å². The lowest BCUT2D eigenvalue weighted by atomic mass is 10.2. The van der Waals surface area contributed by atoms with Gasteiger partial charge in [-0.3, -0.25) is 4.90 Å². The molecule has 4 heteroatoms. The average Bonchev–Trinajstić information content (AvgIpc) is 2.69. The predicted molar refractivity (Wildman–Crippen MR) is 80.6 cm³/mol. The van der Waals surface area contributed by atoms with E-state index in [0.717, 1.165) is 34.6 Å². The van der Waals surface area contributed by atoms with Crippen LogP contribution >= 0.6 is 15.9 Å². The largest absolute Gasteiger partial charge is 0.465 e. The summed E-state index contributed by atoms with van der Waals surface area (Å²) >= 11 is 3.49. The number of aryl methyl sites for hydroxylation is 1. The quantitative estimate of drug-likeness (QED) is 0.916. The van der Waals surface area contributed by atoms with Crippen molar-refractivity contribution in [2.24, 2.45) is 5.73 Å². The summed E-state index contributed by atoms with van der Waals surface area (Å²) in [7, 11) is 2.08. The first-order chi connectivity index (χ1) is 9.08. The molecule has 0 fully saturated rings. The van der Waals surface area contributed by atoms with Crippen molar-refractivity contribution in [3.8, 4) is 0 Å². The van der Waals surface area contributed by atoms with Crippen molar-refractivity contribution in [3.05, 3.63) is 57.5 Å². The lowest BCUT2D eigenvalue weighted by Gasteiger charge is -2.15. The fourth-order valence-electron chi connectivity index (χ4n) is 2.14. The van der Waals surface area contributed by atoms with E-state index in [4.69, 9.17) is 10.2 Å². The third-order valence-corrected chi connectivity index (χ3v) is 3.55. The lowest BCUT2D eigenvalue weighted by molar-refractivity contribution is 0.285. The van der Waals surface area contributed by atoms with Crippen molar-refractivity contribution >= 4 is 15.9 Å². The van der Waals surface area contributed by atoms with Crippen LogP contribution in [0.2, 0.25) is 0 Å². The molecule has 19 heavy (non-hydrogen) atoms. The zero-order chi connectivity index (χ0) is 13.8. The first kappa shape index (κ1) is 14.3. The van der Waals surface area contributed by atoms with Gasteiger partial charge in [-0.25, -0.2) is 0 Å². The van der Waals surface area contributed by atoms with Crippen molar-refractivity contribution in [1.29, 1.82) is 0 Å². The van der Waals surface area contributed by atoms with Crippen LogP contribution in [0, 0.1) is 6.92 Å². The topological polar surface area (TPSA) is 42.4 Å². The molecular weight excluding hydrogens is 304 g/mol. The third kappa shape index (κ3) is 3.93. The highest BCUT2D eigenvalue weighted by molar-refractivity contribution is 9.10. The highest BCUT2D eigenvalue weighted by Gasteiger charge is 2.09. The van der Waals surface area contributed by atoms with E-state index in [2.05, 4.69) is 46.1 Å². The maximum atomic E-state index is 5.71. The normalized spacial score (nSPS) is 11.2. The molecule has 0 aliphatic rings. The Kier molecular flexibility index (Phi) is 4.80. The molecule has 0 saturated heterocycles. The number of rotatable bonds is 5. The Labute approximate surface area is 122 Å². The van der Waals surface area contributed by atoms with E-state index in [1.165, 1.54) is 5.56 Å². The van der Waals surface area contributed by atoms with E-state index >= 15 is 0 Å². The Hall–Kier alpha value is -1.10. The van der Waals surface area contributed by atoms with Crippen molar-refractivity contribution in [3.63, 3.8) is 0 Å². The van der Waals surface area contributed by atoms with Crippen LogP contribution in [0.4, 0.5) is 0 Å². The molecule has 1 aromatic carbocycles. The smallest absolute Gasteiger partial charge is 0.118 e. The summed E-state index contributed by atoms with van der Waals surface area (Å²) in [5.74, 6) is 1.89. The van der Waals surface area contributed by atoms with Crippen LogP contribution in [0.1, 0.15) is 22.6 Å². The number of nitrogens with two attached hydrogens (primary N) is 1. The van der Waals surface area contributed by atoms with Gasteiger partial charge in [0.2, 0.25) is 0 Å². The van der Waals surface area contributed by atoms with E-state index in [1.54, 1.807) is 0 Å². The Balaban J connectivity index is 1.98. The highest BCUT2D eigenvalue weighted by atomic mass is 79.9. The van der Waals surface area contributed by atoms with Gasteiger partial charge >= 0.3 is 0 Å². The second kappa shape index (κ2) is 6.37. The van der Waals surface area contributed by atoms with Gasteiger partial charge in [0, 0.05) is 23.1 Å². The maximum Gasteiger partial charge on any atom is 0.118 e. The second-order valence-electron chi connectivity index (χ2n) is 4.80. The molecule has 0 bridgehead atoms. The van der Waals surface area contributed by atoms with Gasteiger partial charge < -0.3 is 10.2 Å². The molecule has 0 saturated carbocycles. The number of halogens is 1. The summed E-state index contributed by atoms with van der Waals surface area (Å²) in [6.07, 6.45) is 0. The van der Waals surface area contributed by atoms with Gasteiger partial charge in [0.25, 0.3) is 0 Å². The van der Waals surface area contributed by atoms with E-state index < -0.39 is 0 Å². The van der Waals surface area contributed by atoms with Gasteiger partial charge in [0.1, 0.15) is 11.5 Å². The minimum atomic E-state index is 0.532. The van der Waals surface area contributed by atoms with E-state index in [0.29, 0.717) is 6.54 Å². The van der Waals surface area contributed by atoms with Gasteiger partial charge in [0.15, 0.2) is 0 Å². The summed E-state index contributed by atoms with van der Waals surface area (Å²) < 4.78 is 6.82. The molecular formula is C15H19BrN2O. The van der Waals surface area contributed by atoms with Gasteiger partial charge in [-0.15, -0.1) is 0 Å². The first-order valence-electron chi connectivity index (χ1n) is 6.29. The molecule has 1 aromatic heterocycles. The summed E-state index contributed by atoms with van der Waals surface area (Å²) in [6.45, 7) is 4.16. The number of furan rings is 1. The molecule has 0 amide bonds. The standard InChI is InChI=1S/C15H19BrN2O/c1-11-13(8-17)7-15(19-11)10-18(2)9-12-4-3-5-14(16)6-12/h3-7H,8-10,17H2,1-2H3. The average molecular weight is 323 g/mol. The third-order valence-electron chi connectivity index (χ3n) is 3.06. The first-order valence-corrected chi connectivity index (χ1v) is 7.09. The Bertz CT molecular complexity index is 551. The summed E-state index contributed by atoms with van der Waals surface area (Å²) in [4.78, 5) is 2.22. The van der Waals surface area contributed by atoms with Crippen LogP contribution in [-0.2, 0) is 19.6 Å². The van der Waals surface area contributed by atoms with Crippen LogP contribution in [0.25, 0.3) is 0 Å². The summed E-state index contributed by atoms with van der Waals surface area (Å²) in [6, 6.07) is 10.4. The van der Waals surface area contributed by atoms with Gasteiger partial charge in [-0.05, 0) is 37.7 Å². The molecule has 0 spiro atoms. The second-order valence-corrected chi connectivity index (χ2v) is 5.72. The van der Waals surface area contributed by atoms with Crippen LogP contribution in [0.5, 0.6) is 0 Å². The Morgan fingerprint density at radius 2 is 2.05 bits per heavy atom. The fraction of sp³-hybridized carbons (Fsp3) is 0.333. The molecule has 3 nitrogen and oxygen atoms in total. The van der Waals surface area contributed by atoms with Gasteiger partial charge in [-0.2, -0.15) is 0 Å². The zero-order valence-electron chi connectivity index (χ0n) is 11.3. The van der Waals surface area contributed by atoms with Crippen molar-refractivity contribution in [2.75, 3.05) is 7.05 Å². The monoisotopic (exact) mass is 322 g/mol. The molecule has 2 rings (SSSR count).